The van der Waals surface area contributed by atoms with Gasteiger partial charge in [0.15, 0.2) is 5.75 Å². The van der Waals surface area contributed by atoms with Crippen LogP contribution in [0.1, 0.15) is 13.8 Å². The number of nitro groups is 1. The van der Waals surface area contributed by atoms with Gasteiger partial charge in [0.2, 0.25) is 0 Å². The third-order valence-electron chi connectivity index (χ3n) is 3.23. The van der Waals surface area contributed by atoms with Crippen LogP contribution in [0, 0.1) is 10.1 Å². The van der Waals surface area contributed by atoms with Crippen LogP contribution in [0.2, 0.25) is 0 Å². The number of hydrogen-bond acceptors (Lipinski definition) is 5. The molecule has 1 saturated heterocycles. The van der Waals surface area contributed by atoms with Gasteiger partial charge in [0.1, 0.15) is 6.61 Å². The largest absolute Gasteiger partial charge is 0.485 e. The van der Waals surface area contributed by atoms with Gasteiger partial charge in [-0.15, -0.1) is 0 Å². The van der Waals surface area contributed by atoms with Gasteiger partial charge in [0, 0.05) is 25.7 Å². The monoisotopic (exact) mass is 280 g/mol. The molecule has 1 heterocycles. The summed E-state index contributed by atoms with van der Waals surface area (Å²) in [4.78, 5) is 12.7. The van der Waals surface area contributed by atoms with E-state index in [0.29, 0.717) is 19.0 Å². The molecule has 0 aromatic heterocycles. The van der Waals surface area contributed by atoms with E-state index in [4.69, 9.17) is 9.47 Å². The number of ether oxygens (including phenoxy) is 2. The minimum Gasteiger partial charge on any atom is -0.485 e. The lowest BCUT2D eigenvalue weighted by Crippen LogP contribution is -2.49. The van der Waals surface area contributed by atoms with Gasteiger partial charge in [-0.2, -0.15) is 0 Å². The summed E-state index contributed by atoms with van der Waals surface area (Å²) in [6, 6.07) is 6.45. The minimum atomic E-state index is -0.423. The van der Waals surface area contributed by atoms with Crippen LogP contribution in [0.4, 0.5) is 5.69 Å². The van der Waals surface area contributed by atoms with E-state index >= 15 is 0 Å². The van der Waals surface area contributed by atoms with E-state index in [-0.39, 0.29) is 11.3 Å². The lowest BCUT2D eigenvalue weighted by molar-refractivity contribution is -0.385. The van der Waals surface area contributed by atoms with Crippen molar-refractivity contribution in [3.05, 3.63) is 34.4 Å². The third-order valence-corrected chi connectivity index (χ3v) is 3.23. The van der Waals surface area contributed by atoms with Gasteiger partial charge in [-0.05, 0) is 19.9 Å². The summed E-state index contributed by atoms with van der Waals surface area (Å²) < 4.78 is 11.2. The van der Waals surface area contributed by atoms with Crippen molar-refractivity contribution in [2.45, 2.75) is 19.4 Å². The van der Waals surface area contributed by atoms with Gasteiger partial charge in [-0.25, -0.2) is 0 Å². The van der Waals surface area contributed by atoms with Crippen LogP contribution in [0.25, 0.3) is 0 Å². The second-order valence-electron chi connectivity index (χ2n) is 5.46. The Hall–Kier alpha value is -1.66. The fourth-order valence-electron chi connectivity index (χ4n) is 2.32. The summed E-state index contributed by atoms with van der Waals surface area (Å²) >= 11 is 0. The van der Waals surface area contributed by atoms with Crippen molar-refractivity contribution >= 4 is 5.69 Å². The van der Waals surface area contributed by atoms with Crippen molar-refractivity contribution in [2.75, 3.05) is 32.8 Å². The first-order valence-electron chi connectivity index (χ1n) is 6.70. The highest BCUT2D eigenvalue weighted by molar-refractivity contribution is 5.45. The molecule has 6 heteroatoms. The first-order valence-corrected chi connectivity index (χ1v) is 6.70. The fourth-order valence-corrected chi connectivity index (χ4v) is 2.32. The van der Waals surface area contributed by atoms with E-state index in [0.717, 1.165) is 19.6 Å². The van der Waals surface area contributed by atoms with Crippen LogP contribution in [0.3, 0.4) is 0 Å². The molecule has 0 N–H and O–H groups in total. The molecule has 0 radical (unpaired) electrons. The summed E-state index contributed by atoms with van der Waals surface area (Å²) in [7, 11) is 0. The van der Waals surface area contributed by atoms with Gasteiger partial charge in [0.25, 0.3) is 0 Å². The molecule has 1 aliphatic rings. The second kappa shape index (κ2) is 6.19. The van der Waals surface area contributed by atoms with Crippen LogP contribution < -0.4 is 4.74 Å². The summed E-state index contributed by atoms with van der Waals surface area (Å²) in [6.45, 7) is 7.69. The smallest absolute Gasteiger partial charge is 0.310 e. The van der Waals surface area contributed by atoms with E-state index in [2.05, 4.69) is 18.7 Å². The Kier molecular flexibility index (Phi) is 4.57. The summed E-state index contributed by atoms with van der Waals surface area (Å²) in [6.07, 6.45) is 0. The highest BCUT2D eigenvalue weighted by Gasteiger charge is 2.26. The van der Waals surface area contributed by atoms with Gasteiger partial charge in [-0.3, -0.25) is 15.0 Å². The molecule has 6 nitrogen and oxygen atoms in total. The lowest BCUT2D eigenvalue weighted by atomic mass is 10.1. The molecule has 20 heavy (non-hydrogen) atoms. The average Bonchev–Trinajstić information content (AvgIpc) is 2.38. The Balaban J connectivity index is 1.86. The topological polar surface area (TPSA) is 64.8 Å². The standard InChI is InChI=1S/C14H20N2O4/c1-14(2)11-15(8-10-20-14)7-9-19-13-6-4-3-5-12(13)16(17)18/h3-6H,7-11H2,1-2H3. The molecule has 0 amide bonds. The number of hydrogen-bond donors (Lipinski definition) is 0. The first kappa shape index (κ1) is 14.7. The third kappa shape index (κ3) is 3.91. The Morgan fingerprint density at radius 3 is 2.90 bits per heavy atom. The highest BCUT2D eigenvalue weighted by Crippen LogP contribution is 2.25. The molecule has 110 valence electrons. The Morgan fingerprint density at radius 1 is 1.45 bits per heavy atom. The van der Waals surface area contributed by atoms with Gasteiger partial charge < -0.3 is 9.47 Å². The van der Waals surface area contributed by atoms with Crippen molar-refractivity contribution in [3.63, 3.8) is 0 Å². The van der Waals surface area contributed by atoms with Crippen LogP contribution in [0.5, 0.6) is 5.75 Å². The van der Waals surface area contributed by atoms with Gasteiger partial charge in [0.05, 0.1) is 17.1 Å². The van der Waals surface area contributed by atoms with Crippen molar-refractivity contribution in [2.24, 2.45) is 0 Å². The molecule has 1 aliphatic heterocycles. The first-order chi connectivity index (χ1) is 9.48. The molecule has 1 fully saturated rings. The minimum absolute atomic E-state index is 0.00908. The highest BCUT2D eigenvalue weighted by atomic mass is 16.6. The molecule has 0 saturated carbocycles. The summed E-state index contributed by atoms with van der Waals surface area (Å²) in [5.41, 5.74) is -0.133. The number of nitrogens with zero attached hydrogens (tertiary/aromatic N) is 2. The van der Waals surface area contributed by atoms with Gasteiger partial charge in [-0.1, -0.05) is 12.1 Å². The summed E-state index contributed by atoms with van der Waals surface area (Å²) in [5.74, 6) is 0.324. The predicted octanol–water partition coefficient (Wildman–Crippen LogP) is 2.08. The Morgan fingerprint density at radius 2 is 2.20 bits per heavy atom. The van der Waals surface area contributed by atoms with Crippen molar-refractivity contribution in [1.82, 2.24) is 4.90 Å². The molecule has 0 atom stereocenters. The number of morpholine rings is 1. The van der Waals surface area contributed by atoms with Crippen molar-refractivity contribution < 1.29 is 14.4 Å². The molecular weight excluding hydrogens is 260 g/mol. The SMILES string of the molecule is CC1(C)CN(CCOc2ccccc2[N+](=O)[O-])CCO1. The predicted molar refractivity (Wildman–Crippen MR) is 75.1 cm³/mol. The summed E-state index contributed by atoms with van der Waals surface area (Å²) in [5, 5.41) is 10.9. The second-order valence-corrected chi connectivity index (χ2v) is 5.46. The normalized spacial score (nSPS) is 18.7. The fraction of sp³-hybridized carbons (Fsp3) is 0.571. The molecule has 1 aromatic rings. The quantitative estimate of drug-likeness (QED) is 0.610. The molecule has 0 aliphatic carbocycles. The van der Waals surface area contributed by atoms with Crippen LogP contribution in [-0.4, -0.2) is 48.3 Å². The van der Waals surface area contributed by atoms with E-state index in [9.17, 15) is 10.1 Å². The molecule has 2 rings (SSSR count). The van der Waals surface area contributed by atoms with Crippen LogP contribution in [-0.2, 0) is 4.74 Å². The van der Waals surface area contributed by atoms with Crippen molar-refractivity contribution in [3.8, 4) is 5.75 Å². The van der Waals surface area contributed by atoms with E-state index in [1.807, 2.05) is 0 Å². The zero-order valence-corrected chi connectivity index (χ0v) is 11.9. The van der Waals surface area contributed by atoms with Gasteiger partial charge >= 0.3 is 5.69 Å². The van der Waals surface area contributed by atoms with Crippen LogP contribution in [0.15, 0.2) is 24.3 Å². The lowest BCUT2D eigenvalue weighted by Gasteiger charge is -2.38. The average molecular weight is 280 g/mol. The Labute approximate surface area is 118 Å². The van der Waals surface area contributed by atoms with E-state index < -0.39 is 4.92 Å². The maximum Gasteiger partial charge on any atom is 0.310 e. The van der Waals surface area contributed by atoms with E-state index in [1.54, 1.807) is 18.2 Å². The number of benzene rings is 1. The van der Waals surface area contributed by atoms with E-state index in [1.165, 1.54) is 6.07 Å². The molecular formula is C14H20N2O4. The number of rotatable bonds is 5. The number of nitro benzene ring substituents is 1. The van der Waals surface area contributed by atoms with Crippen molar-refractivity contribution in [1.29, 1.82) is 0 Å². The molecule has 0 bridgehead atoms. The zero-order valence-electron chi connectivity index (χ0n) is 11.9. The molecule has 0 spiro atoms. The zero-order chi connectivity index (χ0) is 14.6. The Bertz CT molecular complexity index is 476. The maximum absolute atomic E-state index is 10.9. The molecule has 1 aromatic carbocycles. The van der Waals surface area contributed by atoms with Crippen LogP contribution >= 0.6 is 0 Å². The molecule has 0 unspecified atom stereocenters. The maximum atomic E-state index is 10.9. The number of para-hydroxylation sites is 2.